The van der Waals surface area contributed by atoms with Crippen LogP contribution in [-0.4, -0.2) is 48.1 Å². The fourth-order valence-corrected chi connectivity index (χ4v) is 2.09. The van der Waals surface area contributed by atoms with Crippen molar-refractivity contribution in [2.45, 2.75) is 33.1 Å². The van der Waals surface area contributed by atoms with Gasteiger partial charge in [0.1, 0.15) is 0 Å². The van der Waals surface area contributed by atoms with Gasteiger partial charge in [-0.1, -0.05) is 13.8 Å². The van der Waals surface area contributed by atoms with Crippen molar-refractivity contribution in [1.29, 1.82) is 0 Å². The van der Waals surface area contributed by atoms with E-state index in [0.29, 0.717) is 6.42 Å². The number of nitrogens with zero attached hydrogens (tertiary/aromatic N) is 1. The van der Waals surface area contributed by atoms with Gasteiger partial charge >= 0.3 is 5.97 Å². The summed E-state index contributed by atoms with van der Waals surface area (Å²) in [6, 6.07) is 0. The molecule has 1 aliphatic heterocycles. The number of hydrogen-bond donors (Lipinski definition) is 2. The lowest BCUT2D eigenvalue weighted by Gasteiger charge is -2.27. The Kier molecular flexibility index (Phi) is 4.93. The van der Waals surface area contributed by atoms with Crippen LogP contribution < -0.4 is 5.32 Å². The van der Waals surface area contributed by atoms with Crippen molar-refractivity contribution < 1.29 is 14.7 Å². The Bertz CT molecular complexity index is 281. The normalized spacial score (nSPS) is 17.6. The van der Waals surface area contributed by atoms with Gasteiger partial charge < -0.3 is 15.3 Å². The molecule has 98 valence electrons. The highest BCUT2D eigenvalue weighted by atomic mass is 16.4. The molecule has 0 bridgehead atoms. The highest BCUT2D eigenvalue weighted by molar-refractivity contribution is 5.78. The number of rotatable bonds is 4. The third-order valence-corrected chi connectivity index (χ3v) is 2.95. The number of aliphatic carboxylic acids is 1. The minimum atomic E-state index is -0.847. The van der Waals surface area contributed by atoms with Gasteiger partial charge in [-0.25, -0.2) is 0 Å². The lowest BCUT2D eigenvalue weighted by atomic mass is 9.85. The highest BCUT2D eigenvalue weighted by Crippen LogP contribution is 2.26. The summed E-state index contributed by atoms with van der Waals surface area (Å²) in [5, 5.41) is 12.0. The summed E-state index contributed by atoms with van der Waals surface area (Å²) in [4.78, 5) is 24.6. The van der Waals surface area contributed by atoms with Crippen LogP contribution in [0.2, 0.25) is 0 Å². The molecule has 1 aliphatic rings. The average molecular weight is 242 g/mol. The first-order valence-corrected chi connectivity index (χ1v) is 6.11. The van der Waals surface area contributed by atoms with Crippen molar-refractivity contribution in [3.8, 4) is 0 Å². The van der Waals surface area contributed by atoms with E-state index in [0.717, 1.165) is 32.6 Å². The van der Waals surface area contributed by atoms with Crippen molar-refractivity contribution >= 4 is 11.9 Å². The van der Waals surface area contributed by atoms with E-state index in [9.17, 15) is 9.59 Å². The lowest BCUT2D eigenvalue weighted by molar-refractivity contribution is -0.140. The van der Waals surface area contributed by atoms with E-state index in [1.807, 2.05) is 18.7 Å². The van der Waals surface area contributed by atoms with Crippen molar-refractivity contribution in [1.82, 2.24) is 10.2 Å². The number of nitrogens with one attached hydrogen (secondary N) is 1. The predicted octanol–water partition coefficient (Wildman–Crippen LogP) is 0.699. The van der Waals surface area contributed by atoms with E-state index in [1.54, 1.807) is 0 Å². The largest absolute Gasteiger partial charge is 0.481 e. The van der Waals surface area contributed by atoms with E-state index >= 15 is 0 Å². The van der Waals surface area contributed by atoms with Crippen LogP contribution in [0.25, 0.3) is 0 Å². The van der Waals surface area contributed by atoms with Crippen LogP contribution in [0.4, 0.5) is 0 Å². The first-order valence-electron chi connectivity index (χ1n) is 6.11. The van der Waals surface area contributed by atoms with Crippen molar-refractivity contribution in [3.63, 3.8) is 0 Å². The maximum Gasteiger partial charge on any atom is 0.303 e. The molecule has 1 saturated heterocycles. The molecule has 0 unspecified atom stereocenters. The molecule has 0 aromatic rings. The monoisotopic (exact) mass is 242 g/mol. The molecule has 5 heteroatoms. The molecular weight excluding hydrogens is 220 g/mol. The third kappa shape index (κ3) is 5.17. The minimum absolute atomic E-state index is 0.0326. The minimum Gasteiger partial charge on any atom is -0.481 e. The summed E-state index contributed by atoms with van der Waals surface area (Å²) < 4.78 is 0. The zero-order valence-electron chi connectivity index (χ0n) is 10.7. The van der Waals surface area contributed by atoms with Crippen molar-refractivity contribution in [2.24, 2.45) is 5.41 Å². The van der Waals surface area contributed by atoms with E-state index < -0.39 is 11.4 Å². The maximum absolute atomic E-state index is 12.1. The Morgan fingerprint density at radius 3 is 2.59 bits per heavy atom. The number of amides is 1. The zero-order valence-corrected chi connectivity index (χ0v) is 10.7. The molecule has 0 aromatic heterocycles. The highest BCUT2D eigenvalue weighted by Gasteiger charge is 2.27. The number of carbonyl (C=O) groups is 2. The van der Waals surface area contributed by atoms with Gasteiger partial charge in [0, 0.05) is 26.1 Å². The van der Waals surface area contributed by atoms with Crippen LogP contribution >= 0.6 is 0 Å². The number of carboxylic acid groups (broad SMARTS) is 1. The average Bonchev–Trinajstić information content (AvgIpc) is 2.41. The molecule has 17 heavy (non-hydrogen) atoms. The molecule has 2 N–H and O–H groups in total. The van der Waals surface area contributed by atoms with Gasteiger partial charge in [0.25, 0.3) is 0 Å². The van der Waals surface area contributed by atoms with Crippen LogP contribution in [0.5, 0.6) is 0 Å². The fourth-order valence-electron chi connectivity index (χ4n) is 2.09. The summed E-state index contributed by atoms with van der Waals surface area (Å²) >= 11 is 0. The second-order valence-electron chi connectivity index (χ2n) is 5.40. The Morgan fingerprint density at radius 2 is 1.94 bits per heavy atom. The van der Waals surface area contributed by atoms with Crippen LogP contribution in [0, 0.1) is 5.41 Å². The van der Waals surface area contributed by atoms with Crippen molar-refractivity contribution in [3.05, 3.63) is 0 Å². The zero-order chi connectivity index (χ0) is 12.9. The van der Waals surface area contributed by atoms with Crippen LogP contribution in [0.1, 0.15) is 33.1 Å². The Balaban J connectivity index is 2.48. The number of carboxylic acids is 1. The van der Waals surface area contributed by atoms with Gasteiger partial charge in [-0.15, -0.1) is 0 Å². The standard InChI is InChI=1S/C12H22N2O3/c1-12(2,9-11(16)17)8-10(15)14-6-3-4-13-5-7-14/h13H,3-9H2,1-2H3,(H,16,17). The van der Waals surface area contributed by atoms with E-state index in [-0.39, 0.29) is 12.3 Å². The van der Waals surface area contributed by atoms with E-state index in [4.69, 9.17) is 5.11 Å². The van der Waals surface area contributed by atoms with E-state index in [2.05, 4.69) is 5.32 Å². The van der Waals surface area contributed by atoms with Gasteiger partial charge in [0.05, 0.1) is 6.42 Å². The van der Waals surface area contributed by atoms with Crippen LogP contribution in [0.15, 0.2) is 0 Å². The molecule has 0 radical (unpaired) electrons. The van der Waals surface area contributed by atoms with Gasteiger partial charge in [-0.2, -0.15) is 0 Å². The molecular formula is C12H22N2O3. The molecule has 1 amide bonds. The topological polar surface area (TPSA) is 69.6 Å². The molecule has 1 heterocycles. The molecule has 0 aromatic carbocycles. The smallest absolute Gasteiger partial charge is 0.303 e. The molecule has 0 saturated carbocycles. The predicted molar refractivity (Wildman–Crippen MR) is 64.7 cm³/mol. The molecule has 5 nitrogen and oxygen atoms in total. The van der Waals surface area contributed by atoms with Gasteiger partial charge in [0.15, 0.2) is 0 Å². The molecule has 0 aliphatic carbocycles. The van der Waals surface area contributed by atoms with Crippen molar-refractivity contribution in [2.75, 3.05) is 26.2 Å². The Hall–Kier alpha value is -1.10. The SMILES string of the molecule is CC(C)(CC(=O)O)CC(=O)N1CCCNCC1. The van der Waals surface area contributed by atoms with Gasteiger partial charge in [0.2, 0.25) is 5.91 Å². The van der Waals surface area contributed by atoms with Crippen LogP contribution in [-0.2, 0) is 9.59 Å². The van der Waals surface area contributed by atoms with Gasteiger partial charge in [-0.05, 0) is 18.4 Å². The maximum atomic E-state index is 12.1. The van der Waals surface area contributed by atoms with Crippen LogP contribution in [0.3, 0.4) is 0 Å². The summed E-state index contributed by atoms with van der Waals surface area (Å²) in [6.07, 6.45) is 1.30. The molecule has 1 rings (SSSR count). The van der Waals surface area contributed by atoms with E-state index in [1.165, 1.54) is 0 Å². The second kappa shape index (κ2) is 6.00. The number of hydrogen-bond acceptors (Lipinski definition) is 3. The summed E-state index contributed by atoms with van der Waals surface area (Å²) in [5.41, 5.74) is -0.470. The fraction of sp³-hybridized carbons (Fsp3) is 0.833. The van der Waals surface area contributed by atoms with Gasteiger partial charge in [-0.3, -0.25) is 9.59 Å². The molecule has 1 fully saturated rings. The Morgan fingerprint density at radius 1 is 1.24 bits per heavy atom. The second-order valence-corrected chi connectivity index (χ2v) is 5.40. The first-order chi connectivity index (χ1) is 7.91. The Labute approximate surface area is 102 Å². The molecule has 0 spiro atoms. The quantitative estimate of drug-likeness (QED) is 0.761. The summed E-state index contributed by atoms with van der Waals surface area (Å²) in [7, 11) is 0. The number of carbonyl (C=O) groups excluding carboxylic acids is 1. The lowest BCUT2D eigenvalue weighted by Crippen LogP contribution is -2.37. The first kappa shape index (κ1) is 14.0. The summed E-state index contributed by atoms with van der Waals surface area (Å²) in [6.45, 7) is 6.93. The summed E-state index contributed by atoms with van der Waals surface area (Å²) in [5.74, 6) is -0.778. The molecule has 0 atom stereocenters. The third-order valence-electron chi connectivity index (χ3n) is 2.95.